The maximum absolute atomic E-state index is 14.3. The minimum absolute atomic E-state index is 0.314. The van der Waals surface area contributed by atoms with Crippen LogP contribution < -0.4 is 5.32 Å². The lowest BCUT2D eigenvalue weighted by molar-refractivity contribution is 0.478. The SMILES string of the molecule is CCNC(c1cc(C)nc(C)c1)c1ccc(C)c(F)c1F. The van der Waals surface area contributed by atoms with Crippen molar-refractivity contribution >= 4 is 0 Å². The summed E-state index contributed by atoms with van der Waals surface area (Å²) in [6, 6.07) is 6.67. The molecule has 1 aromatic carbocycles. The average Bonchev–Trinajstić information content (AvgIpc) is 2.42. The first kappa shape index (κ1) is 15.6. The van der Waals surface area contributed by atoms with Crippen molar-refractivity contribution in [3.05, 3.63) is 64.0 Å². The standard InChI is InChI=1S/C17H20F2N2/c1-5-20-17(13-8-11(3)21-12(4)9-13)14-7-6-10(2)15(18)16(14)19/h6-9,17,20H,5H2,1-4H3. The number of benzene rings is 1. The highest BCUT2D eigenvalue weighted by Crippen LogP contribution is 2.27. The molecule has 0 aliphatic carbocycles. The highest BCUT2D eigenvalue weighted by molar-refractivity contribution is 5.36. The van der Waals surface area contributed by atoms with Crippen LogP contribution in [0.25, 0.3) is 0 Å². The van der Waals surface area contributed by atoms with Gasteiger partial charge in [0.1, 0.15) is 0 Å². The molecule has 0 spiro atoms. The van der Waals surface area contributed by atoms with Crippen LogP contribution in [0.15, 0.2) is 24.3 Å². The number of aromatic nitrogens is 1. The van der Waals surface area contributed by atoms with Crippen molar-refractivity contribution in [1.29, 1.82) is 0 Å². The molecule has 2 aromatic rings. The average molecular weight is 290 g/mol. The van der Waals surface area contributed by atoms with E-state index < -0.39 is 11.6 Å². The maximum Gasteiger partial charge on any atom is 0.164 e. The zero-order chi connectivity index (χ0) is 15.6. The van der Waals surface area contributed by atoms with E-state index in [0.29, 0.717) is 17.7 Å². The van der Waals surface area contributed by atoms with Crippen molar-refractivity contribution in [3.8, 4) is 0 Å². The molecule has 112 valence electrons. The highest BCUT2D eigenvalue weighted by atomic mass is 19.2. The lowest BCUT2D eigenvalue weighted by atomic mass is 9.96. The van der Waals surface area contributed by atoms with Gasteiger partial charge in [-0.15, -0.1) is 0 Å². The summed E-state index contributed by atoms with van der Waals surface area (Å²) < 4.78 is 28.1. The van der Waals surface area contributed by atoms with Crippen LogP contribution >= 0.6 is 0 Å². The Balaban J connectivity index is 2.56. The van der Waals surface area contributed by atoms with Gasteiger partial charge in [0.15, 0.2) is 11.6 Å². The molecule has 4 heteroatoms. The van der Waals surface area contributed by atoms with Crippen molar-refractivity contribution in [2.24, 2.45) is 0 Å². The van der Waals surface area contributed by atoms with Crippen LogP contribution in [0, 0.1) is 32.4 Å². The molecule has 1 atom stereocenters. The second-order valence-corrected chi connectivity index (χ2v) is 5.27. The molecule has 0 saturated carbocycles. The molecule has 0 radical (unpaired) electrons. The van der Waals surface area contributed by atoms with Gasteiger partial charge in [-0.25, -0.2) is 8.78 Å². The van der Waals surface area contributed by atoms with Gasteiger partial charge in [-0.1, -0.05) is 19.1 Å². The number of hydrogen-bond acceptors (Lipinski definition) is 2. The first-order valence-corrected chi connectivity index (χ1v) is 7.07. The minimum atomic E-state index is -0.784. The van der Waals surface area contributed by atoms with Crippen LogP contribution in [-0.4, -0.2) is 11.5 Å². The normalized spacial score (nSPS) is 12.5. The second-order valence-electron chi connectivity index (χ2n) is 5.27. The van der Waals surface area contributed by atoms with Crippen molar-refractivity contribution < 1.29 is 8.78 Å². The van der Waals surface area contributed by atoms with E-state index >= 15 is 0 Å². The fourth-order valence-corrected chi connectivity index (χ4v) is 2.53. The predicted molar refractivity (Wildman–Crippen MR) is 80.3 cm³/mol. The van der Waals surface area contributed by atoms with Crippen LogP contribution in [0.2, 0.25) is 0 Å². The van der Waals surface area contributed by atoms with Crippen molar-refractivity contribution in [2.75, 3.05) is 6.54 Å². The molecular weight excluding hydrogens is 270 g/mol. The summed E-state index contributed by atoms with van der Waals surface area (Å²) in [7, 11) is 0. The Morgan fingerprint density at radius 1 is 1.05 bits per heavy atom. The Kier molecular flexibility index (Phi) is 4.68. The number of nitrogens with one attached hydrogen (secondary N) is 1. The number of pyridine rings is 1. The fourth-order valence-electron chi connectivity index (χ4n) is 2.53. The smallest absolute Gasteiger partial charge is 0.164 e. The van der Waals surface area contributed by atoms with E-state index in [0.717, 1.165) is 17.0 Å². The van der Waals surface area contributed by atoms with Gasteiger partial charge in [-0.2, -0.15) is 0 Å². The topological polar surface area (TPSA) is 24.9 Å². The molecule has 21 heavy (non-hydrogen) atoms. The zero-order valence-corrected chi connectivity index (χ0v) is 12.8. The van der Waals surface area contributed by atoms with Gasteiger partial charge in [0.2, 0.25) is 0 Å². The summed E-state index contributed by atoms with van der Waals surface area (Å²) >= 11 is 0. The van der Waals surface area contributed by atoms with E-state index in [4.69, 9.17) is 0 Å². The predicted octanol–water partition coefficient (Wildman–Crippen LogP) is 3.98. The molecule has 0 aliphatic heterocycles. The van der Waals surface area contributed by atoms with Crippen molar-refractivity contribution in [2.45, 2.75) is 33.7 Å². The third-order valence-electron chi connectivity index (χ3n) is 3.46. The maximum atomic E-state index is 14.3. The lowest BCUT2D eigenvalue weighted by Gasteiger charge is -2.21. The third-order valence-corrected chi connectivity index (χ3v) is 3.46. The van der Waals surface area contributed by atoms with E-state index in [1.807, 2.05) is 32.9 Å². The van der Waals surface area contributed by atoms with Crippen molar-refractivity contribution in [1.82, 2.24) is 10.3 Å². The molecular formula is C17H20F2N2. The van der Waals surface area contributed by atoms with Gasteiger partial charge < -0.3 is 5.32 Å². The first-order chi connectivity index (χ1) is 9.93. The molecule has 1 N–H and O–H groups in total. The summed E-state index contributed by atoms with van der Waals surface area (Å²) in [4.78, 5) is 4.33. The van der Waals surface area contributed by atoms with E-state index in [1.165, 1.54) is 0 Å². The summed E-state index contributed by atoms with van der Waals surface area (Å²) in [5, 5.41) is 3.22. The Morgan fingerprint density at radius 2 is 1.67 bits per heavy atom. The number of aryl methyl sites for hydroxylation is 3. The van der Waals surface area contributed by atoms with E-state index in [1.54, 1.807) is 19.1 Å². The monoisotopic (exact) mass is 290 g/mol. The summed E-state index contributed by atoms with van der Waals surface area (Å²) in [5.41, 5.74) is 3.25. The van der Waals surface area contributed by atoms with Gasteiger partial charge in [-0.3, -0.25) is 4.98 Å². The quantitative estimate of drug-likeness (QED) is 0.921. The Bertz CT molecular complexity index is 633. The van der Waals surface area contributed by atoms with Crippen LogP contribution in [-0.2, 0) is 0 Å². The van der Waals surface area contributed by atoms with Crippen LogP contribution in [0.3, 0.4) is 0 Å². The van der Waals surface area contributed by atoms with E-state index in [-0.39, 0.29) is 6.04 Å². The van der Waals surface area contributed by atoms with Crippen LogP contribution in [0.1, 0.15) is 41.0 Å². The molecule has 1 heterocycles. The summed E-state index contributed by atoms with van der Waals surface area (Å²) in [6.45, 7) is 7.94. The molecule has 0 amide bonds. The fraction of sp³-hybridized carbons (Fsp3) is 0.353. The van der Waals surface area contributed by atoms with Gasteiger partial charge >= 0.3 is 0 Å². The lowest BCUT2D eigenvalue weighted by Crippen LogP contribution is -2.24. The Morgan fingerprint density at radius 3 is 2.24 bits per heavy atom. The second kappa shape index (κ2) is 6.31. The molecule has 0 aliphatic rings. The van der Waals surface area contributed by atoms with Gasteiger partial charge in [-0.05, 0) is 50.6 Å². The molecule has 0 bridgehead atoms. The molecule has 2 rings (SSSR count). The number of nitrogens with zero attached hydrogens (tertiary/aromatic N) is 1. The number of halogens is 2. The zero-order valence-electron chi connectivity index (χ0n) is 12.8. The molecule has 0 saturated heterocycles. The Labute approximate surface area is 124 Å². The van der Waals surface area contributed by atoms with Crippen LogP contribution in [0.5, 0.6) is 0 Å². The largest absolute Gasteiger partial charge is 0.306 e. The third kappa shape index (κ3) is 3.27. The van der Waals surface area contributed by atoms with E-state index in [2.05, 4.69) is 10.3 Å². The summed E-state index contributed by atoms with van der Waals surface area (Å²) in [5.74, 6) is -1.56. The number of rotatable bonds is 4. The van der Waals surface area contributed by atoms with Gasteiger partial charge in [0.05, 0.1) is 6.04 Å². The van der Waals surface area contributed by atoms with Gasteiger partial charge in [0, 0.05) is 17.0 Å². The first-order valence-electron chi connectivity index (χ1n) is 7.07. The van der Waals surface area contributed by atoms with Crippen molar-refractivity contribution in [3.63, 3.8) is 0 Å². The minimum Gasteiger partial charge on any atom is -0.306 e. The molecule has 2 nitrogen and oxygen atoms in total. The molecule has 0 fully saturated rings. The highest BCUT2D eigenvalue weighted by Gasteiger charge is 2.21. The number of hydrogen-bond donors (Lipinski definition) is 1. The molecule has 1 aromatic heterocycles. The molecule has 1 unspecified atom stereocenters. The van der Waals surface area contributed by atoms with Crippen LogP contribution in [0.4, 0.5) is 8.78 Å². The summed E-state index contributed by atoms with van der Waals surface area (Å²) in [6.07, 6.45) is 0. The van der Waals surface area contributed by atoms with E-state index in [9.17, 15) is 8.78 Å². The Hall–Kier alpha value is -1.81. The van der Waals surface area contributed by atoms with Gasteiger partial charge in [0.25, 0.3) is 0 Å².